The molecule has 0 spiro atoms. The number of hydrogen-bond donors (Lipinski definition) is 0. The van der Waals surface area contributed by atoms with Crippen molar-refractivity contribution >= 4 is 21.8 Å². The summed E-state index contributed by atoms with van der Waals surface area (Å²) in [5.74, 6) is 0.153. The van der Waals surface area contributed by atoms with Crippen molar-refractivity contribution < 1.29 is 4.79 Å². The van der Waals surface area contributed by atoms with Crippen molar-refractivity contribution in [1.82, 2.24) is 4.90 Å². The van der Waals surface area contributed by atoms with Crippen molar-refractivity contribution in [2.75, 3.05) is 7.05 Å². The normalized spacial score (nSPS) is 16.6. The van der Waals surface area contributed by atoms with Gasteiger partial charge in [0.15, 0.2) is 0 Å². The summed E-state index contributed by atoms with van der Waals surface area (Å²) in [6.45, 7) is 1.99. The first-order valence-electron chi connectivity index (χ1n) is 6.63. The molecule has 1 aromatic rings. The van der Waals surface area contributed by atoms with Crippen LogP contribution in [-0.4, -0.2) is 23.9 Å². The quantitative estimate of drug-likeness (QED) is 0.803. The number of nitrogens with zero attached hydrogens (tertiary/aromatic N) is 1. The van der Waals surface area contributed by atoms with Crippen molar-refractivity contribution in [3.63, 3.8) is 0 Å². The Kier molecular flexibility index (Phi) is 4.44. The molecule has 1 aliphatic carbocycles. The number of rotatable bonds is 2. The second kappa shape index (κ2) is 5.87. The van der Waals surface area contributed by atoms with Gasteiger partial charge in [-0.1, -0.05) is 41.3 Å². The highest BCUT2D eigenvalue weighted by molar-refractivity contribution is 9.10. The van der Waals surface area contributed by atoms with Crippen LogP contribution in [0, 0.1) is 6.92 Å². The second-order valence-electron chi connectivity index (χ2n) is 5.12. The van der Waals surface area contributed by atoms with Crippen LogP contribution in [0.5, 0.6) is 0 Å². The Morgan fingerprint density at radius 3 is 2.61 bits per heavy atom. The first kappa shape index (κ1) is 13.6. The maximum absolute atomic E-state index is 12.5. The first-order chi connectivity index (χ1) is 8.61. The molecule has 1 saturated carbocycles. The highest BCUT2D eigenvalue weighted by Crippen LogP contribution is 2.25. The van der Waals surface area contributed by atoms with E-state index in [4.69, 9.17) is 0 Å². The van der Waals surface area contributed by atoms with Crippen LogP contribution in [0.1, 0.15) is 48.0 Å². The van der Waals surface area contributed by atoms with Gasteiger partial charge in [-0.3, -0.25) is 4.79 Å². The van der Waals surface area contributed by atoms with Crippen LogP contribution in [0.3, 0.4) is 0 Å². The molecule has 98 valence electrons. The Morgan fingerprint density at radius 1 is 1.28 bits per heavy atom. The van der Waals surface area contributed by atoms with Gasteiger partial charge in [0, 0.05) is 23.1 Å². The van der Waals surface area contributed by atoms with Crippen molar-refractivity contribution in [3.8, 4) is 0 Å². The van der Waals surface area contributed by atoms with Crippen molar-refractivity contribution in [3.05, 3.63) is 33.8 Å². The van der Waals surface area contributed by atoms with Crippen LogP contribution in [0.2, 0.25) is 0 Å². The minimum Gasteiger partial charge on any atom is -0.339 e. The summed E-state index contributed by atoms with van der Waals surface area (Å²) in [5.41, 5.74) is 1.85. The summed E-state index contributed by atoms with van der Waals surface area (Å²) < 4.78 is 1.00. The number of hydrogen-bond acceptors (Lipinski definition) is 1. The highest BCUT2D eigenvalue weighted by Gasteiger charge is 2.24. The summed E-state index contributed by atoms with van der Waals surface area (Å²) in [7, 11) is 1.94. The molecule has 1 aliphatic rings. The van der Waals surface area contributed by atoms with Gasteiger partial charge in [-0.2, -0.15) is 0 Å². The monoisotopic (exact) mass is 309 g/mol. The van der Waals surface area contributed by atoms with E-state index in [-0.39, 0.29) is 5.91 Å². The van der Waals surface area contributed by atoms with Gasteiger partial charge < -0.3 is 4.90 Å². The predicted molar refractivity (Wildman–Crippen MR) is 77.8 cm³/mol. The summed E-state index contributed by atoms with van der Waals surface area (Å²) >= 11 is 3.49. The molecule has 0 bridgehead atoms. The second-order valence-corrected chi connectivity index (χ2v) is 5.97. The number of benzene rings is 1. The molecule has 0 radical (unpaired) electrons. The topological polar surface area (TPSA) is 20.3 Å². The van der Waals surface area contributed by atoms with E-state index in [2.05, 4.69) is 15.9 Å². The van der Waals surface area contributed by atoms with Crippen LogP contribution in [-0.2, 0) is 0 Å². The molecule has 2 rings (SSSR count). The molecule has 0 N–H and O–H groups in total. The summed E-state index contributed by atoms with van der Waals surface area (Å²) in [4.78, 5) is 14.5. The molecule has 0 atom stereocenters. The van der Waals surface area contributed by atoms with Crippen molar-refractivity contribution in [2.24, 2.45) is 0 Å². The Balaban J connectivity index is 2.17. The largest absolute Gasteiger partial charge is 0.339 e. The maximum Gasteiger partial charge on any atom is 0.254 e. The fourth-order valence-electron chi connectivity index (χ4n) is 2.66. The van der Waals surface area contributed by atoms with Gasteiger partial charge in [0.25, 0.3) is 5.91 Å². The lowest BCUT2D eigenvalue weighted by Gasteiger charge is -2.31. The molecule has 0 heterocycles. The van der Waals surface area contributed by atoms with E-state index >= 15 is 0 Å². The molecule has 3 heteroatoms. The van der Waals surface area contributed by atoms with E-state index in [9.17, 15) is 4.79 Å². The molecule has 1 amide bonds. The van der Waals surface area contributed by atoms with Gasteiger partial charge >= 0.3 is 0 Å². The third kappa shape index (κ3) is 2.77. The van der Waals surface area contributed by atoms with Gasteiger partial charge in [0.1, 0.15) is 0 Å². The number of halogens is 1. The molecule has 0 saturated heterocycles. The summed E-state index contributed by atoms with van der Waals surface area (Å²) in [6, 6.07) is 6.25. The zero-order valence-corrected chi connectivity index (χ0v) is 12.7. The molecule has 0 unspecified atom stereocenters. The summed E-state index contributed by atoms with van der Waals surface area (Å²) in [5, 5.41) is 0. The molecule has 1 aromatic carbocycles. The molecule has 18 heavy (non-hydrogen) atoms. The van der Waals surface area contributed by atoms with Gasteiger partial charge in [-0.25, -0.2) is 0 Å². The number of carbonyl (C=O) groups excluding carboxylic acids is 1. The Labute approximate surface area is 117 Å². The first-order valence-corrected chi connectivity index (χ1v) is 7.43. The van der Waals surface area contributed by atoms with Crippen LogP contribution in [0.4, 0.5) is 0 Å². The van der Waals surface area contributed by atoms with Gasteiger partial charge in [0.2, 0.25) is 0 Å². The van der Waals surface area contributed by atoms with E-state index in [0.29, 0.717) is 6.04 Å². The standard InChI is InChI=1S/C15H20BrNO/c1-11-13(9-6-10-14(11)16)15(18)17(2)12-7-4-3-5-8-12/h6,9-10,12H,3-5,7-8H2,1-2H3. The molecule has 0 aromatic heterocycles. The van der Waals surface area contributed by atoms with E-state index in [1.165, 1.54) is 19.3 Å². The molecular formula is C15H20BrNO. The minimum absolute atomic E-state index is 0.153. The minimum atomic E-state index is 0.153. The van der Waals surface area contributed by atoms with E-state index in [1.54, 1.807) is 0 Å². The molecule has 0 aliphatic heterocycles. The maximum atomic E-state index is 12.5. The molecule has 1 fully saturated rings. The van der Waals surface area contributed by atoms with Gasteiger partial charge in [0.05, 0.1) is 0 Å². The Hall–Kier alpha value is -0.830. The fraction of sp³-hybridized carbons (Fsp3) is 0.533. The van der Waals surface area contributed by atoms with Crippen LogP contribution < -0.4 is 0 Å². The van der Waals surface area contributed by atoms with Gasteiger partial charge in [-0.05, 0) is 37.5 Å². The van der Waals surface area contributed by atoms with Crippen molar-refractivity contribution in [1.29, 1.82) is 0 Å². The Bertz CT molecular complexity index is 438. The zero-order chi connectivity index (χ0) is 13.1. The van der Waals surface area contributed by atoms with Crippen molar-refractivity contribution in [2.45, 2.75) is 45.1 Å². The van der Waals surface area contributed by atoms with Crippen LogP contribution in [0.15, 0.2) is 22.7 Å². The van der Waals surface area contributed by atoms with Crippen LogP contribution >= 0.6 is 15.9 Å². The third-order valence-electron chi connectivity index (χ3n) is 3.94. The number of amides is 1. The highest BCUT2D eigenvalue weighted by atomic mass is 79.9. The molecule has 2 nitrogen and oxygen atoms in total. The third-order valence-corrected chi connectivity index (χ3v) is 4.80. The lowest BCUT2D eigenvalue weighted by Crippen LogP contribution is -2.38. The van der Waals surface area contributed by atoms with Crippen LogP contribution in [0.25, 0.3) is 0 Å². The lowest BCUT2D eigenvalue weighted by atomic mass is 9.94. The average Bonchev–Trinajstić information content (AvgIpc) is 2.41. The Morgan fingerprint density at radius 2 is 1.94 bits per heavy atom. The summed E-state index contributed by atoms with van der Waals surface area (Å²) in [6.07, 6.45) is 6.11. The van der Waals surface area contributed by atoms with E-state index in [1.807, 2.05) is 37.1 Å². The molecular weight excluding hydrogens is 290 g/mol. The van der Waals surface area contributed by atoms with E-state index < -0.39 is 0 Å². The SMILES string of the molecule is Cc1c(Br)cccc1C(=O)N(C)C1CCCCC1. The number of carbonyl (C=O) groups is 1. The lowest BCUT2D eigenvalue weighted by molar-refractivity contribution is 0.0695. The smallest absolute Gasteiger partial charge is 0.254 e. The average molecular weight is 310 g/mol. The zero-order valence-electron chi connectivity index (χ0n) is 11.1. The fourth-order valence-corrected chi connectivity index (χ4v) is 3.03. The van der Waals surface area contributed by atoms with E-state index in [0.717, 1.165) is 28.4 Å². The predicted octanol–water partition coefficient (Wildman–Crippen LogP) is 4.16. The van der Waals surface area contributed by atoms with Gasteiger partial charge in [-0.15, -0.1) is 0 Å².